The van der Waals surface area contributed by atoms with Crippen LogP contribution < -0.4 is 5.32 Å². The van der Waals surface area contributed by atoms with Crippen LogP contribution in [0.1, 0.15) is 10.4 Å². The molecule has 0 aromatic carbocycles. The number of nitrogens with one attached hydrogen (secondary N) is 1. The van der Waals surface area contributed by atoms with Crippen molar-refractivity contribution in [2.45, 2.75) is 6.18 Å². The first-order valence-electron chi connectivity index (χ1n) is 3.99. The van der Waals surface area contributed by atoms with Crippen LogP contribution in [0.25, 0.3) is 0 Å². The van der Waals surface area contributed by atoms with Crippen LogP contribution in [0.5, 0.6) is 0 Å². The molecule has 0 radical (unpaired) electrons. The van der Waals surface area contributed by atoms with Gasteiger partial charge in [-0.05, 0) is 28.1 Å². The van der Waals surface area contributed by atoms with Gasteiger partial charge in [0.25, 0.3) is 0 Å². The van der Waals surface area contributed by atoms with Crippen LogP contribution in [-0.2, 0) is 4.79 Å². The number of alkyl halides is 3. The lowest BCUT2D eigenvalue weighted by Gasteiger charge is -2.08. The third kappa shape index (κ3) is 3.70. The molecule has 1 aromatic heterocycles. The largest absolute Gasteiger partial charge is 0.478 e. The van der Waals surface area contributed by atoms with Gasteiger partial charge in [0.1, 0.15) is 10.4 Å². The summed E-state index contributed by atoms with van der Waals surface area (Å²) in [5.74, 6) is -4.07. The van der Waals surface area contributed by atoms with E-state index in [-0.39, 0.29) is 10.2 Å². The minimum atomic E-state index is -5.06. The maximum atomic E-state index is 11.9. The highest BCUT2D eigenvalue weighted by molar-refractivity contribution is 9.10. The molecule has 1 heterocycles. The molecule has 0 aliphatic rings. The van der Waals surface area contributed by atoms with Crippen LogP contribution in [0, 0.1) is 0 Å². The van der Waals surface area contributed by atoms with Gasteiger partial charge in [-0.15, -0.1) is 0 Å². The number of hydrogen-bond acceptors (Lipinski definition) is 3. The number of carbonyl (C=O) groups excluding carboxylic acids is 1. The van der Waals surface area contributed by atoms with Gasteiger partial charge in [0.15, 0.2) is 0 Å². The number of carbonyl (C=O) groups is 2. The number of aromatic carboxylic acids is 1. The van der Waals surface area contributed by atoms with E-state index in [4.69, 9.17) is 5.11 Å². The van der Waals surface area contributed by atoms with Crippen molar-refractivity contribution in [1.29, 1.82) is 0 Å². The third-order valence-electron chi connectivity index (χ3n) is 1.54. The first kappa shape index (κ1) is 13.4. The quantitative estimate of drug-likeness (QED) is 0.819. The molecule has 0 spiro atoms. The molecule has 0 bridgehead atoms. The molecule has 92 valence electrons. The van der Waals surface area contributed by atoms with Crippen molar-refractivity contribution < 1.29 is 27.9 Å². The Morgan fingerprint density at radius 1 is 1.35 bits per heavy atom. The minimum absolute atomic E-state index is 0.00475. The predicted molar refractivity (Wildman–Crippen MR) is 53.6 cm³/mol. The molecule has 17 heavy (non-hydrogen) atoms. The van der Waals surface area contributed by atoms with Crippen molar-refractivity contribution in [3.8, 4) is 0 Å². The van der Waals surface area contributed by atoms with Crippen molar-refractivity contribution in [2.75, 3.05) is 5.32 Å². The van der Waals surface area contributed by atoms with Gasteiger partial charge in [-0.3, -0.25) is 4.79 Å². The van der Waals surface area contributed by atoms with E-state index in [9.17, 15) is 22.8 Å². The number of carboxylic acid groups (broad SMARTS) is 1. The third-order valence-corrected chi connectivity index (χ3v) is 1.95. The van der Waals surface area contributed by atoms with Gasteiger partial charge < -0.3 is 10.4 Å². The van der Waals surface area contributed by atoms with E-state index >= 15 is 0 Å². The van der Waals surface area contributed by atoms with E-state index in [1.54, 1.807) is 0 Å². The summed E-state index contributed by atoms with van der Waals surface area (Å²) in [6.07, 6.45) is -5.06. The van der Waals surface area contributed by atoms with Gasteiger partial charge in [-0.1, -0.05) is 0 Å². The summed E-state index contributed by atoms with van der Waals surface area (Å²) >= 11 is 2.81. The number of anilines is 1. The first-order chi connectivity index (χ1) is 7.70. The van der Waals surface area contributed by atoms with Crippen LogP contribution in [0.2, 0.25) is 0 Å². The summed E-state index contributed by atoms with van der Waals surface area (Å²) in [5.41, 5.74) is -0.302. The Morgan fingerprint density at radius 2 is 1.94 bits per heavy atom. The summed E-state index contributed by atoms with van der Waals surface area (Å²) < 4.78 is 35.8. The van der Waals surface area contributed by atoms with Crippen molar-refractivity contribution >= 4 is 33.6 Å². The second-order valence-corrected chi connectivity index (χ2v) is 3.63. The van der Waals surface area contributed by atoms with Gasteiger partial charge in [-0.25, -0.2) is 9.78 Å². The molecular weight excluding hydrogens is 309 g/mol. The SMILES string of the molecule is O=C(O)c1cc(Br)nc(NC(=O)C(F)(F)F)c1. The Kier molecular flexibility index (Phi) is 3.71. The molecule has 0 unspecified atom stereocenters. The topological polar surface area (TPSA) is 79.3 Å². The average Bonchev–Trinajstić information content (AvgIpc) is 2.14. The number of hydrogen-bond donors (Lipinski definition) is 2. The lowest BCUT2D eigenvalue weighted by Crippen LogP contribution is -2.30. The number of aromatic nitrogens is 1. The standard InChI is InChI=1S/C8H4BrF3N2O3/c9-4-1-3(6(15)16)2-5(13-4)14-7(17)8(10,11)12/h1-2H,(H,15,16)(H,13,14,17). The Morgan fingerprint density at radius 3 is 2.41 bits per heavy atom. The highest BCUT2D eigenvalue weighted by Crippen LogP contribution is 2.19. The lowest BCUT2D eigenvalue weighted by molar-refractivity contribution is -0.167. The van der Waals surface area contributed by atoms with E-state index in [1.807, 2.05) is 0 Å². The van der Waals surface area contributed by atoms with Crippen LogP contribution in [0.15, 0.2) is 16.7 Å². The van der Waals surface area contributed by atoms with Crippen molar-refractivity contribution in [3.63, 3.8) is 0 Å². The zero-order valence-electron chi connectivity index (χ0n) is 7.88. The zero-order chi connectivity index (χ0) is 13.2. The maximum absolute atomic E-state index is 11.9. The normalized spacial score (nSPS) is 11.1. The molecule has 0 saturated heterocycles. The van der Waals surface area contributed by atoms with E-state index in [0.29, 0.717) is 0 Å². The van der Waals surface area contributed by atoms with Crippen LogP contribution in [0.3, 0.4) is 0 Å². The molecule has 2 N–H and O–H groups in total. The van der Waals surface area contributed by atoms with Crippen LogP contribution in [-0.4, -0.2) is 28.1 Å². The second-order valence-electron chi connectivity index (χ2n) is 2.82. The fraction of sp³-hybridized carbons (Fsp3) is 0.125. The number of halogens is 4. The minimum Gasteiger partial charge on any atom is -0.478 e. The van der Waals surface area contributed by atoms with E-state index in [0.717, 1.165) is 12.1 Å². The smallest absolute Gasteiger partial charge is 0.471 e. The van der Waals surface area contributed by atoms with Crippen LogP contribution >= 0.6 is 15.9 Å². The maximum Gasteiger partial charge on any atom is 0.471 e. The summed E-state index contributed by atoms with van der Waals surface area (Å²) in [4.78, 5) is 24.7. The number of carboxylic acids is 1. The lowest BCUT2D eigenvalue weighted by atomic mass is 10.2. The van der Waals surface area contributed by atoms with Crippen LogP contribution in [0.4, 0.5) is 19.0 Å². The second kappa shape index (κ2) is 4.70. The molecule has 0 aliphatic carbocycles. The molecule has 9 heteroatoms. The molecular formula is C8H4BrF3N2O3. The number of rotatable bonds is 2. The molecule has 0 atom stereocenters. The number of amides is 1. The van der Waals surface area contributed by atoms with E-state index in [2.05, 4.69) is 20.9 Å². The predicted octanol–water partition coefficient (Wildman–Crippen LogP) is 2.04. The van der Waals surface area contributed by atoms with Crippen molar-refractivity contribution in [1.82, 2.24) is 4.98 Å². The fourth-order valence-corrected chi connectivity index (χ4v) is 1.31. The summed E-state index contributed by atoms with van der Waals surface area (Å²) in [6, 6.07) is 1.91. The van der Waals surface area contributed by atoms with Gasteiger partial charge in [0.2, 0.25) is 0 Å². The summed E-state index contributed by atoms with van der Waals surface area (Å²) in [5, 5.41) is 10.1. The molecule has 5 nitrogen and oxygen atoms in total. The molecule has 1 aromatic rings. The first-order valence-corrected chi connectivity index (χ1v) is 4.78. The Hall–Kier alpha value is -1.64. The van der Waals surface area contributed by atoms with Gasteiger partial charge in [-0.2, -0.15) is 13.2 Å². The summed E-state index contributed by atoms with van der Waals surface area (Å²) in [6.45, 7) is 0. The van der Waals surface area contributed by atoms with Crippen molar-refractivity contribution in [2.24, 2.45) is 0 Å². The number of nitrogens with zero attached hydrogens (tertiary/aromatic N) is 1. The molecule has 1 amide bonds. The highest BCUT2D eigenvalue weighted by atomic mass is 79.9. The molecule has 0 aliphatic heterocycles. The summed E-state index contributed by atoms with van der Waals surface area (Å²) in [7, 11) is 0. The van der Waals surface area contributed by atoms with Gasteiger partial charge in [0, 0.05) is 0 Å². The van der Waals surface area contributed by atoms with E-state index in [1.165, 1.54) is 5.32 Å². The number of pyridine rings is 1. The zero-order valence-corrected chi connectivity index (χ0v) is 9.46. The fourth-order valence-electron chi connectivity index (χ4n) is 0.872. The molecule has 0 saturated carbocycles. The Labute approximate surface area is 101 Å². The average molecular weight is 313 g/mol. The Bertz CT molecular complexity index is 476. The van der Waals surface area contributed by atoms with E-state index < -0.39 is 23.9 Å². The molecule has 0 fully saturated rings. The molecule has 1 rings (SSSR count). The monoisotopic (exact) mass is 312 g/mol. The van der Waals surface area contributed by atoms with Crippen molar-refractivity contribution in [3.05, 3.63) is 22.3 Å². The Balaban J connectivity index is 3.00. The van der Waals surface area contributed by atoms with Gasteiger partial charge in [0.05, 0.1) is 5.56 Å². The van der Waals surface area contributed by atoms with Gasteiger partial charge >= 0.3 is 18.1 Å². The highest BCUT2D eigenvalue weighted by Gasteiger charge is 2.39.